The molecule has 32 heavy (non-hydrogen) atoms. The zero-order valence-electron chi connectivity index (χ0n) is 18.6. The van der Waals surface area contributed by atoms with Crippen LogP contribution in [0.4, 0.5) is 5.69 Å². The lowest BCUT2D eigenvalue weighted by molar-refractivity contribution is -0.131. The van der Waals surface area contributed by atoms with Crippen molar-refractivity contribution in [3.8, 4) is 5.75 Å². The van der Waals surface area contributed by atoms with Crippen LogP contribution in [0.25, 0.3) is 0 Å². The highest BCUT2D eigenvalue weighted by molar-refractivity contribution is 7.89. The van der Waals surface area contributed by atoms with Crippen molar-refractivity contribution >= 4 is 21.6 Å². The Hall–Kier alpha value is -2.58. The van der Waals surface area contributed by atoms with Gasteiger partial charge >= 0.3 is 0 Å². The monoisotopic (exact) mass is 457 g/mol. The lowest BCUT2D eigenvalue weighted by atomic mass is 10.1. The molecular formula is C24H31N3O4S. The maximum absolute atomic E-state index is 12.9. The average molecular weight is 458 g/mol. The van der Waals surface area contributed by atoms with Crippen LogP contribution in [0, 0.1) is 0 Å². The highest BCUT2D eigenvalue weighted by atomic mass is 32.2. The fourth-order valence-electron chi connectivity index (χ4n) is 4.44. The highest BCUT2D eigenvalue weighted by Gasteiger charge is 2.28. The first-order valence-electron chi connectivity index (χ1n) is 11.2. The molecule has 2 saturated heterocycles. The molecule has 1 amide bonds. The zero-order chi connectivity index (χ0) is 22.6. The summed E-state index contributed by atoms with van der Waals surface area (Å²) in [5.74, 6) is 0.708. The van der Waals surface area contributed by atoms with Crippen molar-refractivity contribution in [1.29, 1.82) is 0 Å². The Kier molecular flexibility index (Phi) is 7.01. The van der Waals surface area contributed by atoms with E-state index in [1.54, 1.807) is 25.3 Å². The van der Waals surface area contributed by atoms with Gasteiger partial charge in [0.1, 0.15) is 5.75 Å². The quantitative estimate of drug-likeness (QED) is 0.640. The van der Waals surface area contributed by atoms with Crippen molar-refractivity contribution in [3.63, 3.8) is 0 Å². The molecule has 0 aliphatic carbocycles. The molecule has 2 aromatic carbocycles. The predicted octanol–water partition coefficient (Wildman–Crippen LogP) is 2.76. The highest BCUT2D eigenvalue weighted by Crippen LogP contribution is 2.27. The standard InChI is InChI=1S/C24H31N3O4S/c1-31-23-11-10-22(32(29,30)27-13-5-6-14-27)19-20(23)9-12-24(28)26-17-15-25(16-18-26)21-7-3-2-4-8-21/h2-4,7-8,10-11,19H,5-6,9,12-18H2,1H3. The Balaban J connectivity index is 1.38. The fraction of sp³-hybridized carbons (Fsp3) is 0.458. The second kappa shape index (κ2) is 9.92. The molecule has 0 spiro atoms. The zero-order valence-corrected chi connectivity index (χ0v) is 19.4. The van der Waals surface area contributed by atoms with Crippen LogP contribution in [0.1, 0.15) is 24.8 Å². The average Bonchev–Trinajstić information content (AvgIpc) is 3.39. The van der Waals surface area contributed by atoms with Crippen LogP contribution < -0.4 is 9.64 Å². The lowest BCUT2D eigenvalue weighted by Crippen LogP contribution is -2.48. The van der Waals surface area contributed by atoms with Gasteiger partial charge in [0.15, 0.2) is 0 Å². The molecule has 8 heteroatoms. The Bertz CT molecular complexity index is 1030. The summed E-state index contributed by atoms with van der Waals surface area (Å²) < 4.78 is 32.8. The Morgan fingerprint density at radius 1 is 0.938 bits per heavy atom. The van der Waals surface area contributed by atoms with E-state index in [1.807, 2.05) is 23.1 Å². The topological polar surface area (TPSA) is 70.2 Å². The van der Waals surface area contributed by atoms with E-state index in [-0.39, 0.29) is 10.8 Å². The second-order valence-corrected chi connectivity index (χ2v) is 10.2. The molecule has 2 fully saturated rings. The van der Waals surface area contributed by atoms with Gasteiger partial charge in [-0.3, -0.25) is 4.79 Å². The van der Waals surface area contributed by atoms with Crippen LogP contribution in [0.15, 0.2) is 53.4 Å². The van der Waals surface area contributed by atoms with Gasteiger partial charge in [0.2, 0.25) is 15.9 Å². The number of hydrogen-bond donors (Lipinski definition) is 0. The van der Waals surface area contributed by atoms with Gasteiger partial charge in [0, 0.05) is 51.4 Å². The molecule has 4 rings (SSSR count). The summed E-state index contributed by atoms with van der Waals surface area (Å²) in [6, 6.07) is 15.2. The summed E-state index contributed by atoms with van der Waals surface area (Å²) in [6.07, 6.45) is 2.57. The number of aryl methyl sites for hydroxylation is 1. The van der Waals surface area contributed by atoms with Gasteiger partial charge in [0.05, 0.1) is 12.0 Å². The molecular weight excluding hydrogens is 426 g/mol. The number of methoxy groups -OCH3 is 1. The SMILES string of the molecule is COc1ccc(S(=O)(=O)N2CCCC2)cc1CCC(=O)N1CCN(c2ccccc2)CC1. The number of rotatable bonds is 7. The molecule has 2 aromatic rings. The minimum Gasteiger partial charge on any atom is -0.496 e. The molecule has 2 aliphatic heterocycles. The van der Waals surface area contributed by atoms with Crippen LogP contribution in [0.5, 0.6) is 5.75 Å². The van der Waals surface area contributed by atoms with Gasteiger partial charge in [0.25, 0.3) is 0 Å². The maximum atomic E-state index is 12.9. The first-order valence-corrected chi connectivity index (χ1v) is 12.7. The smallest absolute Gasteiger partial charge is 0.243 e. The molecule has 0 saturated carbocycles. The first kappa shape index (κ1) is 22.6. The van der Waals surface area contributed by atoms with Crippen molar-refractivity contribution in [2.75, 3.05) is 51.3 Å². The predicted molar refractivity (Wildman–Crippen MR) is 125 cm³/mol. The van der Waals surface area contributed by atoms with Gasteiger partial charge in [-0.1, -0.05) is 18.2 Å². The maximum Gasteiger partial charge on any atom is 0.243 e. The normalized spacial score (nSPS) is 17.5. The number of anilines is 1. The van der Waals surface area contributed by atoms with E-state index in [9.17, 15) is 13.2 Å². The van der Waals surface area contributed by atoms with Gasteiger partial charge < -0.3 is 14.5 Å². The van der Waals surface area contributed by atoms with E-state index in [1.165, 1.54) is 9.99 Å². The first-order chi connectivity index (χ1) is 15.5. The third kappa shape index (κ3) is 4.91. The number of amides is 1. The Morgan fingerprint density at radius 3 is 2.28 bits per heavy atom. The van der Waals surface area contributed by atoms with Gasteiger partial charge in [-0.15, -0.1) is 0 Å². The van der Waals surface area contributed by atoms with Crippen molar-refractivity contribution < 1.29 is 17.9 Å². The van der Waals surface area contributed by atoms with E-state index in [0.29, 0.717) is 44.8 Å². The number of ether oxygens (including phenoxy) is 1. The molecule has 172 valence electrons. The third-order valence-electron chi connectivity index (χ3n) is 6.32. The number of hydrogen-bond acceptors (Lipinski definition) is 5. The van der Waals surface area contributed by atoms with Crippen LogP contribution in [-0.4, -0.2) is 69.9 Å². The minimum atomic E-state index is -3.50. The van der Waals surface area contributed by atoms with E-state index >= 15 is 0 Å². The summed E-state index contributed by atoms with van der Waals surface area (Å²) in [6.45, 7) is 4.13. The van der Waals surface area contributed by atoms with E-state index in [0.717, 1.165) is 31.5 Å². The Labute approximate surface area is 190 Å². The molecule has 2 aliphatic rings. The largest absolute Gasteiger partial charge is 0.496 e. The second-order valence-electron chi connectivity index (χ2n) is 8.29. The molecule has 0 aromatic heterocycles. The van der Waals surface area contributed by atoms with E-state index < -0.39 is 10.0 Å². The number of piperazine rings is 1. The number of carbonyl (C=O) groups is 1. The number of benzene rings is 2. The molecule has 0 radical (unpaired) electrons. The summed E-state index contributed by atoms with van der Waals surface area (Å²) in [5.41, 5.74) is 1.93. The molecule has 7 nitrogen and oxygen atoms in total. The van der Waals surface area contributed by atoms with Crippen molar-refractivity contribution in [2.45, 2.75) is 30.6 Å². The van der Waals surface area contributed by atoms with Gasteiger partial charge in [-0.2, -0.15) is 4.31 Å². The van der Waals surface area contributed by atoms with Gasteiger partial charge in [-0.25, -0.2) is 8.42 Å². The number of para-hydroxylation sites is 1. The summed E-state index contributed by atoms with van der Waals surface area (Å²) in [7, 11) is -1.93. The number of sulfonamides is 1. The minimum absolute atomic E-state index is 0.0903. The van der Waals surface area contributed by atoms with Crippen molar-refractivity contribution in [1.82, 2.24) is 9.21 Å². The fourth-order valence-corrected chi connectivity index (χ4v) is 6.01. The molecule has 0 atom stereocenters. The van der Waals surface area contributed by atoms with Crippen LogP contribution in [-0.2, 0) is 21.2 Å². The Morgan fingerprint density at radius 2 is 1.62 bits per heavy atom. The molecule has 2 heterocycles. The lowest BCUT2D eigenvalue weighted by Gasteiger charge is -2.36. The van der Waals surface area contributed by atoms with Crippen molar-refractivity contribution in [3.05, 3.63) is 54.1 Å². The molecule has 0 unspecified atom stereocenters. The van der Waals surface area contributed by atoms with Crippen LogP contribution >= 0.6 is 0 Å². The molecule has 0 N–H and O–H groups in total. The van der Waals surface area contributed by atoms with E-state index in [4.69, 9.17) is 4.74 Å². The van der Waals surface area contributed by atoms with Crippen LogP contribution in [0.3, 0.4) is 0 Å². The van der Waals surface area contributed by atoms with Crippen LogP contribution in [0.2, 0.25) is 0 Å². The summed E-state index contributed by atoms with van der Waals surface area (Å²) >= 11 is 0. The van der Waals surface area contributed by atoms with E-state index in [2.05, 4.69) is 17.0 Å². The number of nitrogens with zero attached hydrogens (tertiary/aromatic N) is 3. The molecule has 0 bridgehead atoms. The summed E-state index contributed by atoms with van der Waals surface area (Å²) in [4.78, 5) is 17.3. The van der Waals surface area contributed by atoms with Crippen molar-refractivity contribution in [2.24, 2.45) is 0 Å². The third-order valence-corrected chi connectivity index (χ3v) is 8.21. The summed E-state index contributed by atoms with van der Waals surface area (Å²) in [5, 5.41) is 0. The van der Waals surface area contributed by atoms with Gasteiger partial charge in [-0.05, 0) is 55.2 Å². The number of carbonyl (C=O) groups excluding carboxylic acids is 1.